The fourth-order valence-corrected chi connectivity index (χ4v) is 3.52. The van der Waals surface area contributed by atoms with Gasteiger partial charge in [-0.15, -0.1) is 0 Å². The molecular weight excluding hydrogens is 394 g/mol. The highest BCUT2D eigenvalue weighted by atomic mass is 16.5. The maximum atomic E-state index is 12.0. The predicted octanol–water partition coefficient (Wildman–Crippen LogP) is 1.88. The summed E-state index contributed by atoms with van der Waals surface area (Å²) in [5.41, 5.74) is 1.25. The van der Waals surface area contributed by atoms with Gasteiger partial charge in [0.1, 0.15) is 12.3 Å². The Balaban J connectivity index is 2.04. The second-order valence-electron chi connectivity index (χ2n) is 7.84. The van der Waals surface area contributed by atoms with Crippen LogP contribution in [0, 0.1) is 0 Å². The third-order valence-corrected chi connectivity index (χ3v) is 5.38. The average Bonchev–Trinajstić information content (AvgIpc) is 3.31. The van der Waals surface area contributed by atoms with E-state index in [0.717, 1.165) is 38.4 Å². The standard InChI is InChI=1S/C23H39N5O3/c1-5-31-16-8-13-24-23(26-18-22(29)27(2)3)25-17-21(28-14-6-7-15-28)19-9-11-20(30-4)12-10-19/h9-12,21H,5-8,13-18H2,1-4H3,(H2,24,25,26). The van der Waals surface area contributed by atoms with E-state index in [1.807, 2.05) is 19.1 Å². The van der Waals surface area contributed by atoms with Gasteiger partial charge in [-0.05, 0) is 57.0 Å². The number of aliphatic imine (C=N–C) groups is 1. The molecule has 1 atom stereocenters. The Hall–Kier alpha value is -2.32. The third kappa shape index (κ3) is 8.75. The molecule has 8 nitrogen and oxygen atoms in total. The van der Waals surface area contributed by atoms with Gasteiger partial charge in [0.2, 0.25) is 5.91 Å². The number of likely N-dealkylation sites (tertiary alicyclic amines) is 1. The zero-order valence-electron chi connectivity index (χ0n) is 19.5. The van der Waals surface area contributed by atoms with Crippen LogP contribution in [0.25, 0.3) is 0 Å². The summed E-state index contributed by atoms with van der Waals surface area (Å²) >= 11 is 0. The lowest BCUT2D eigenvalue weighted by molar-refractivity contribution is -0.127. The molecule has 1 amide bonds. The van der Waals surface area contributed by atoms with Crippen molar-refractivity contribution in [3.63, 3.8) is 0 Å². The van der Waals surface area contributed by atoms with Gasteiger partial charge in [0.15, 0.2) is 5.96 Å². The minimum absolute atomic E-state index is 0.0262. The average molecular weight is 434 g/mol. The van der Waals surface area contributed by atoms with Gasteiger partial charge in [-0.25, -0.2) is 4.99 Å². The van der Waals surface area contributed by atoms with Crippen LogP contribution in [-0.2, 0) is 9.53 Å². The van der Waals surface area contributed by atoms with Crippen molar-refractivity contribution in [2.45, 2.75) is 32.2 Å². The predicted molar refractivity (Wildman–Crippen MR) is 125 cm³/mol. The molecule has 0 radical (unpaired) electrons. The maximum Gasteiger partial charge on any atom is 0.243 e. The number of methoxy groups -OCH3 is 1. The van der Waals surface area contributed by atoms with Crippen LogP contribution in [0.1, 0.15) is 37.8 Å². The summed E-state index contributed by atoms with van der Waals surface area (Å²) in [6.07, 6.45) is 3.32. The minimum Gasteiger partial charge on any atom is -0.497 e. The van der Waals surface area contributed by atoms with E-state index in [1.54, 1.807) is 26.1 Å². The van der Waals surface area contributed by atoms with Crippen molar-refractivity contribution in [3.8, 4) is 5.75 Å². The second-order valence-corrected chi connectivity index (χ2v) is 7.84. The van der Waals surface area contributed by atoms with Crippen molar-refractivity contribution in [2.24, 2.45) is 4.99 Å². The topological polar surface area (TPSA) is 78.4 Å². The number of rotatable bonds is 12. The molecule has 174 valence electrons. The molecule has 1 aromatic rings. The summed E-state index contributed by atoms with van der Waals surface area (Å²) in [6.45, 7) is 7.15. The zero-order chi connectivity index (χ0) is 22.5. The Bertz CT molecular complexity index is 672. The molecular formula is C23H39N5O3. The molecule has 0 aromatic heterocycles. The Morgan fingerprint density at radius 2 is 1.90 bits per heavy atom. The molecule has 2 rings (SSSR count). The number of guanidine groups is 1. The summed E-state index contributed by atoms with van der Waals surface area (Å²) in [5.74, 6) is 1.49. The summed E-state index contributed by atoms with van der Waals surface area (Å²) < 4.78 is 10.7. The lowest BCUT2D eigenvalue weighted by Crippen LogP contribution is -2.43. The summed E-state index contributed by atoms with van der Waals surface area (Å²) in [7, 11) is 5.17. The molecule has 0 aliphatic carbocycles. The first-order chi connectivity index (χ1) is 15.0. The molecule has 1 fully saturated rings. The van der Waals surface area contributed by atoms with Crippen LogP contribution in [0.4, 0.5) is 0 Å². The number of hydrogen-bond donors (Lipinski definition) is 2. The van der Waals surface area contributed by atoms with E-state index < -0.39 is 0 Å². The molecule has 8 heteroatoms. The highest BCUT2D eigenvalue weighted by Crippen LogP contribution is 2.26. The Labute approximate surface area is 187 Å². The molecule has 0 spiro atoms. The van der Waals surface area contributed by atoms with E-state index in [9.17, 15) is 4.79 Å². The van der Waals surface area contributed by atoms with E-state index in [4.69, 9.17) is 9.47 Å². The first-order valence-electron chi connectivity index (χ1n) is 11.2. The van der Waals surface area contributed by atoms with Crippen LogP contribution in [-0.4, -0.2) is 88.8 Å². The van der Waals surface area contributed by atoms with Crippen molar-refractivity contribution < 1.29 is 14.3 Å². The monoisotopic (exact) mass is 433 g/mol. The van der Waals surface area contributed by atoms with Gasteiger partial charge in [0.25, 0.3) is 0 Å². The van der Waals surface area contributed by atoms with Gasteiger partial charge in [0.05, 0.1) is 13.2 Å². The molecule has 1 aliphatic rings. The lowest BCUT2D eigenvalue weighted by atomic mass is 10.1. The number of ether oxygens (including phenoxy) is 2. The molecule has 1 aromatic carbocycles. The quantitative estimate of drug-likeness (QED) is 0.298. The van der Waals surface area contributed by atoms with Crippen molar-refractivity contribution in [1.82, 2.24) is 20.4 Å². The van der Waals surface area contributed by atoms with Gasteiger partial charge in [-0.1, -0.05) is 12.1 Å². The van der Waals surface area contributed by atoms with Crippen LogP contribution in [0.3, 0.4) is 0 Å². The van der Waals surface area contributed by atoms with Gasteiger partial charge in [-0.3, -0.25) is 9.69 Å². The van der Waals surface area contributed by atoms with Gasteiger partial charge in [-0.2, -0.15) is 0 Å². The number of amides is 1. The fraction of sp³-hybridized carbons (Fsp3) is 0.652. The maximum absolute atomic E-state index is 12.0. The molecule has 1 unspecified atom stereocenters. The lowest BCUT2D eigenvalue weighted by Gasteiger charge is -2.29. The molecule has 1 aliphatic heterocycles. The van der Waals surface area contributed by atoms with Crippen molar-refractivity contribution in [2.75, 3.05) is 67.1 Å². The zero-order valence-corrected chi connectivity index (χ0v) is 19.5. The molecule has 0 saturated carbocycles. The number of carbonyl (C=O) groups excluding carboxylic acids is 1. The van der Waals surface area contributed by atoms with Crippen molar-refractivity contribution >= 4 is 11.9 Å². The molecule has 1 heterocycles. The smallest absolute Gasteiger partial charge is 0.243 e. The molecule has 31 heavy (non-hydrogen) atoms. The van der Waals surface area contributed by atoms with Crippen LogP contribution >= 0.6 is 0 Å². The Morgan fingerprint density at radius 3 is 2.52 bits per heavy atom. The van der Waals surface area contributed by atoms with E-state index >= 15 is 0 Å². The van der Waals surface area contributed by atoms with Gasteiger partial charge >= 0.3 is 0 Å². The van der Waals surface area contributed by atoms with Crippen molar-refractivity contribution in [3.05, 3.63) is 29.8 Å². The third-order valence-electron chi connectivity index (χ3n) is 5.38. The molecule has 2 N–H and O–H groups in total. The summed E-state index contributed by atoms with van der Waals surface area (Å²) in [4.78, 5) is 20.6. The first-order valence-corrected chi connectivity index (χ1v) is 11.2. The van der Waals surface area contributed by atoms with Crippen LogP contribution in [0.15, 0.2) is 29.3 Å². The van der Waals surface area contributed by atoms with E-state index in [0.29, 0.717) is 19.1 Å². The minimum atomic E-state index is -0.0262. The van der Waals surface area contributed by atoms with E-state index in [-0.39, 0.29) is 18.5 Å². The first kappa shape index (κ1) is 24.9. The van der Waals surface area contributed by atoms with E-state index in [1.165, 1.54) is 18.4 Å². The number of benzene rings is 1. The number of likely N-dealkylation sites (N-methyl/N-ethyl adjacent to an activating group) is 1. The largest absolute Gasteiger partial charge is 0.497 e. The summed E-state index contributed by atoms with van der Waals surface area (Å²) in [6, 6.07) is 8.51. The van der Waals surface area contributed by atoms with Crippen LogP contribution in [0.2, 0.25) is 0 Å². The SMILES string of the molecule is CCOCCCNC(=NCC(=O)N(C)C)NCC(c1ccc(OC)cc1)N1CCCC1. The van der Waals surface area contributed by atoms with Crippen LogP contribution in [0.5, 0.6) is 5.75 Å². The highest BCUT2D eigenvalue weighted by molar-refractivity contribution is 5.84. The Morgan fingerprint density at radius 1 is 1.19 bits per heavy atom. The number of hydrogen-bond acceptors (Lipinski definition) is 5. The molecule has 0 bridgehead atoms. The summed E-state index contributed by atoms with van der Waals surface area (Å²) in [5, 5.41) is 6.80. The van der Waals surface area contributed by atoms with E-state index in [2.05, 4.69) is 32.7 Å². The molecule has 1 saturated heterocycles. The highest BCUT2D eigenvalue weighted by Gasteiger charge is 2.23. The number of nitrogens with one attached hydrogen (secondary N) is 2. The van der Waals surface area contributed by atoms with Gasteiger partial charge < -0.3 is 25.0 Å². The van der Waals surface area contributed by atoms with Gasteiger partial charge in [0, 0.05) is 40.4 Å². The van der Waals surface area contributed by atoms with Crippen molar-refractivity contribution in [1.29, 1.82) is 0 Å². The Kier molecular flexibility index (Phi) is 11.2. The van der Waals surface area contributed by atoms with Crippen LogP contribution < -0.4 is 15.4 Å². The fourth-order valence-electron chi connectivity index (χ4n) is 3.52. The normalized spacial score (nSPS) is 15.5. The number of carbonyl (C=O) groups is 1. The second kappa shape index (κ2) is 13.9. The number of nitrogens with zero attached hydrogens (tertiary/aromatic N) is 3.